The Morgan fingerprint density at radius 1 is 1.03 bits per heavy atom. The van der Waals surface area contributed by atoms with Crippen LogP contribution in [0.5, 0.6) is 0 Å². The first-order chi connectivity index (χ1) is 14.4. The van der Waals surface area contributed by atoms with Crippen LogP contribution in [0.4, 0.5) is 0 Å². The van der Waals surface area contributed by atoms with Crippen molar-refractivity contribution in [2.45, 2.75) is 25.0 Å². The minimum Gasteiger partial charge on any atom is -0.342 e. The monoisotopic (exact) mass is 486 g/mol. The molecule has 2 aromatic carbocycles. The zero-order valence-electron chi connectivity index (χ0n) is 17.0. The number of nitrogens with zero attached hydrogens (tertiary/aromatic N) is 3. The second-order valence-electron chi connectivity index (χ2n) is 7.18. The minimum atomic E-state index is -0.299. The molecule has 1 N–H and O–H groups in total. The van der Waals surface area contributed by atoms with Gasteiger partial charge in [0.25, 0.3) is 5.91 Å². The van der Waals surface area contributed by atoms with E-state index in [9.17, 15) is 9.59 Å². The van der Waals surface area contributed by atoms with E-state index in [1.807, 2.05) is 55.8 Å². The fourth-order valence-electron chi connectivity index (χ4n) is 2.92. The fraction of sp³-hybridized carbons (Fsp3) is 0.273. The van der Waals surface area contributed by atoms with Crippen molar-refractivity contribution in [3.05, 3.63) is 76.0 Å². The summed E-state index contributed by atoms with van der Waals surface area (Å²) in [6.45, 7) is 4.04. The maximum Gasteiger partial charge on any atom is 0.251 e. The maximum atomic E-state index is 12.6. The molecule has 0 unspecified atom stereocenters. The first kappa shape index (κ1) is 22.2. The van der Waals surface area contributed by atoms with E-state index in [1.54, 1.807) is 24.3 Å². The van der Waals surface area contributed by atoms with Crippen LogP contribution in [0, 0.1) is 5.92 Å². The molecular formula is C22H23BrN4O2S. The predicted molar refractivity (Wildman–Crippen MR) is 122 cm³/mol. The van der Waals surface area contributed by atoms with Gasteiger partial charge in [-0.3, -0.25) is 9.59 Å². The first-order valence-corrected chi connectivity index (χ1v) is 11.3. The number of Topliss-reactive ketones (excluding diaryl/α,β-unsaturated/α-hetero) is 1. The Labute approximate surface area is 188 Å². The molecule has 0 aliphatic carbocycles. The maximum absolute atomic E-state index is 12.6. The second-order valence-corrected chi connectivity index (χ2v) is 9.04. The molecule has 0 spiro atoms. The standard InChI is InChI=1S/C22H23BrN4O2S/c1-14(2)19(24-21(29)16-7-5-4-6-8-16)20-25-26-22(27(20)3)30-13-18(28)15-9-11-17(23)12-10-15/h4-12,14,19H,13H2,1-3H3,(H,24,29)/t19-/m1/s1. The van der Waals surface area contributed by atoms with Crippen LogP contribution in [-0.2, 0) is 7.05 Å². The number of aromatic nitrogens is 3. The van der Waals surface area contributed by atoms with Gasteiger partial charge in [0, 0.05) is 22.6 Å². The molecule has 1 aromatic heterocycles. The second kappa shape index (κ2) is 10.0. The lowest BCUT2D eigenvalue weighted by atomic mass is 10.0. The van der Waals surface area contributed by atoms with Crippen LogP contribution in [0.2, 0.25) is 0 Å². The summed E-state index contributed by atoms with van der Waals surface area (Å²) in [5, 5.41) is 12.2. The average Bonchev–Trinajstić information content (AvgIpc) is 3.11. The molecule has 0 bridgehead atoms. The quantitative estimate of drug-likeness (QED) is 0.369. The largest absolute Gasteiger partial charge is 0.342 e. The van der Waals surface area contributed by atoms with Gasteiger partial charge in [0.05, 0.1) is 11.8 Å². The average molecular weight is 487 g/mol. The van der Waals surface area contributed by atoms with E-state index in [2.05, 4.69) is 31.4 Å². The highest BCUT2D eigenvalue weighted by molar-refractivity contribution is 9.10. The number of benzene rings is 2. The predicted octanol–water partition coefficient (Wildman–Crippen LogP) is 4.68. The van der Waals surface area contributed by atoms with Crippen molar-refractivity contribution in [3.8, 4) is 0 Å². The lowest BCUT2D eigenvalue weighted by Gasteiger charge is -2.21. The Bertz CT molecular complexity index is 1020. The summed E-state index contributed by atoms with van der Waals surface area (Å²) in [5.41, 5.74) is 1.25. The highest BCUT2D eigenvalue weighted by Gasteiger charge is 2.25. The van der Waals surface area contributed by atoms with Gasteiger partial charge in [-0.15, -0.1) is 10.2 Å². The molecule has 3 rings (SSSR count). The van der Waals surface area contributed by atoms with Crippen molar-refractivity contribution in [3.63, 3.8) is 0 Å². The summed E-state index contributed by atoms with van der Waals surface area (Å²) in [5.74, 6) is 0.901. The van der Waals surface area contributed by atoms with Crippen molar-refractivity contribution < 1.29 is 9.59 Å². The fourth-order valence-corrected chi connectivity index (χ4v) is 3.99. The van der Waals surface area contributed by atoms with E-state index >= 15 is 0 Å². The molecule has 1 heterocycles. The van der Waals surface area contributed by atoms with Crippen LogP contribution < -0.4 is 5.32 Å². The van der Waals surface area contributed by atoms with Gasteiger partial charge in [0.15, 0.2) is 16.8 Å². The van der Waals surface area contributed by atoms with E-state index in [-0.39, 0.29) is 29.4 Å². The molecule has 3 aromatic rings. The third-order valence-electron chi connectivity index (χ3n) is 4.63. The van der Waals surface area contributed by atoms with E-state index in [0.29, 0.717) is 22.1 Å². The zero-order valence-corrected chi connectivity index (χ0v) is 19.4. The van der Waals surface area contributed by atoms with Gasteiger partial charge in [-0.2, -0.15) is 0 Å². The Kier molecular flexibility index (Phi) is 7.44. The number of amides is 1. The highest BCUT2D eigenvalue weighted by atomic mass is 79.9. The number of thioether (sulfide) groups is 1. The Morgan fingerprint density at radius 2 is 1.70 bits per heavy atom. The van der Waals surface area contributed by atoms with Crippen LogP contribution in [0.15, 0.2) is 64.2 Å². The van der Waals surface area contributed by atoms with E-state index in [1.165, 1.54) is 11.8 Å². The number of carbonyl (C=O) groups is 2. The molecule has 0 fully saturated rings. The van der Waals surface area contributed by atoms with Crippen LogP contribution >= 0.6 is 27.7 Å². The summed E-state index contributed by atoms with van der Waals surface area (Å²) < 4.78 is 2.78. The van der Waals surface area contributed by atoms with E-state index in [4.69, 9.17) is 0 Å². The number of hydrogen-bond donors (Lipinski definition) is 1. The Balaban J connectivity index is 1.70. The molecule has 0 aliphatic rings. The number of nitrogens with one attached hydrogen (secondary N) is 1. The SMILES string of the molecule is CC(C)[C@@H](NC(=O)c1ccccc1)c1nnc(SCC(=O)c2ccc(Br)cc2)n1C. The van der Waals surface area contributed by atoms with Crippen LogP contribution in [0.25, 0.3) is 0 Å². The molecule has 0 aliphatic heterocycles. The van der Waals surface area contributed by atoms with Gasteiger partial charge >= 0.3 is 0 Å². The normalized spacial score (nSPS) is 12.0. The first-order valence-electron chi connectivity index (χ1n) is 9.53. The Morgan fingerprint density at radius 3 is 2.33 bits per heavy atom. The van der Waals surface area contributed by atoms with Crippen molar-refractivity contribution in [2.24, 2.45) is 13.0 Å². The molecular weight excluding hydrogens is 464 g/mol. The molecule has 30 heavy (non-hydrogen) atoms. The summed E-state index contributed by atoms with van der Waals surface area (Å²) in [6.07, 6.45) is 0. The molecule has 1 atom stereocenters. The Hall–Kier alpha value is -2.45. The van der Waals surface area contributed by atoms with Gasteiger partial charge in [-0.05, 0) is 30.2 Å². The third kappa shape index (κ3) is 5.37. The molecule has 6 nitrogen and oxygen atoms in total. The number of halogens is 1. The van der Waals surface area contributed by atoms with Crippen molar-refractivity contribution in [1.82, 2.24) is 20.1 Å². The van der Waals surface area contributed by atoms with Crippen molar-refractivity contribution >= 4 is 39.4 Å². The lowest BCUT2D eigenvalue weighted by molar-refractivity contribution is 0.0921. The number of carbonyl (C=O) groups excluding carboxylic acids is 2. The molecule has 8 heteroatoms. The van der Waals surface area contributed by atoms with E-state index in [0.717, 1.165) is 4.47 Å². The molecule has 156 valence electrons. The van der Waals surface area contributed by atoms with Crippen molar-refractivity contribution in [1.29, 1.82) is 0 Å². The zero-order chi connectivity index (χ0) is 21.7. The summed E-state index contributed by atoms with van der Waals surface area (Å²) in [6, 6.07) is 16.1. The van der Waals surface area contributed by atoms with E-state index < -0.39 is 0 Å². The lowest BCUT2D eigenvalue weighted by Crippen LogP contribution is -2.33. The van der Waals surface area contributed by atoms with Gasteiger partial charge in [-0.1, -0.05) is 71.9 Å². The smallest absolute Gasteiger partial charge is 0.251 e. The molecule has 1 amide bonds. The third-order valence-corrected chi connectivity index (χ3v) is 6.18. The number of rotatable bonds is 8. The van der Waals surface area contributed by atoms with Crippen molar-refractivity contribution in [2.75, 3.05) is 5.75 Å². The van der Waals surface area contributed by atoms with Gasteiger partial charge < -0.3 is 9.88 Å². The minimum absolute atomic E-state index is 0.0230. The number of ketones is 1. The van der Waals surface area contributed by atoms with Gasteiger partial charge in [0.1, 0.15) is 0 Å². The molecule has 0 saturated carbocycles. The summed E-state index contributed by atoms with van der Waals surface area (Å²) >= 11 is 4.71. The van der Waals surface area contributed by atoms with Gasteiger partial charge in [0.2, 0.25) is 0 Å². The van der Waals surface area contributed by atoms with Crippen LogP contribution in [-0.4, -0.2) is 32.2 Å². The summed E-state index contributed by atoms with van der Waals surface area (Å²) in [7, 11) is 1.85. The number of hydrogen-bond acceptors (Lipinski definition) is 5. The highest BCUT2D eigenvalue weighted by Crippen LogP contribution is 2.25. The van der Waals surface area contributed by atoms with Crippen LogP contribution in [0.3, 0.4) is 0 Å². The molecule has 0 saturated heterocycles. The summed E-state index contributed by atoms with van der Waals surface area (Å²) in [4.78, 5) is 25.1. The molecule has 0 radical (unpaired) electrons. The van der Waals surface area contributed by atoms with Gasteiger partial charge in [-0.25, -0.2) is 0 Å². The topological polar surface area (TPSA) is 76.9 Å². The van der Waals surface area contributed by atoms with Crippen LogP contribution in [0.1, 0.15) is 46.4 Å².